The molecule has 0 aromatic heterocycles. The lowest BCUT2D eigenvalue weighted by molar-refractivity contribution is 0.294. The van der Waals surface area contributed by atoms with Crippen LogP contribution in [0, 0.1) is 0 Å². The average molecular weight is 545 g/mol. The summed E-state index contributed by atoms with van der Waals surface area (Å²) in [5, 5.41) is 4.21. The molecule has 4 nitrogen and oxygen atoms in total. The van der Waals surface area contributed by atoms with Gasteiger partial charge in [0.15, 0.2) is 0 Å². The molecule has 0 atom stereocenters. The van der Waals surface area contributed by atoms with Crippen LogP contribution in [0.3, 0.4) is 0 Å². The number of rotatable bonds is 12. The van der Waals surface area contributed by atoms with Gasteiger partial charge >= 0.3 is 7.82 Å². The van der Waals surface area contributed by atoms with Crippen molar-refractivity contribution in [1.29, 1.82) is 0 Å². The standard InChI is InChI=1S/C34H41O4P/c1-3-5-7-9-11-13-25-15-19-29-27(23-25)17-21-31-33(29)34-30-20-16-26(14-12-10-8-6-4-2)24-28(30)18-22-32(34)38-39(35,36)37-31/h15-24H,3-14H2,1-2H3,(H,35,36). The lowest BCUT2D eigenvalue weighted by Gasteiger charge is -2.15. The molecular weight excluding hydrogens is 503 g/mol. The monoisotopic (exact) mass is 544 g/mol. The van der Waals surface area contributed by atoms with Crippen molar-refractivity contribution in [2.45, 2.75) is 90.9 Å². The zero-order valence-electron chi connectivity index (χ0n) is 23.4. The molecule has 0 amide bonds. The van der Waals surface area contributed by atoms with E-state index in [-0.39, 0.29) is 0 Å². The van der Waals surface area contributed by atoms with E-state index < -0.39 is 7.82 Å². The molecule has 1 N–H and O–H groups in total. The highest BCUT2D eigenvalue weighted by molar-refractivity contribution is 7.48. The number of fused-ring (bicyclic) bond motifs is 7. The van der Waals surface area contributed by atoms with E-state index in [0.717, 1.165) is 45.5 Å². The fourth-order valence-corrected chi connectivity index (χ4v) is 6.67. The number of hydrogen-bond donors (Lipinski definition) is 1. The van der Waals surface area contributed by atoms with Gasteiger partial charge in [-0.3, -0.25) is 4.89 Å². The van der Waals surface area contributed by atoms with Crippen molar-refractivity contribution in [3.8, 4) is 22.6 Å². The van der Waals surface area contributed by atoms with Gasteiger partial charge in [-0.25, -0.2) is 4.57 Å². The first-order valence-corrected chi connectivity index (χ1v) is 16.3. The molecule has 0 fully saturated rings. The van der Waals surface area contributed by atoms with Crippen LogP contribution in [-0.4, -0.2) is 4.89 Å². The molecule has 5 rings (SSSR count). The lowest BCUT2D eigenvalue weighted by atomic mass is 9.90. The second-order valence-electron chi connectivity index (χ2n) is 11.0. The van der Waals surface area contributed by atoms with Crippen molar-refractivity contribution in [1.82, 2.24) is 0 Å². The maximum atomic E-state index is 12.9. The Balaban J connectivity index is 1.53. The zero-order chi connectivity index (χ0) is 27.2. The van der Waals surface area contributed by atoms with Crippen molar-refractivity contribution in [2.24, 2.45) is 0 Å². The summed E-state index contributed by atoms with van der Waals surface area (Å²) in [7, 11) is -4.32. The molecule has 0 aliphatic carbocycles. The first-order valence-electron chi connectivity index (χ1n) is 14.8. The molecule has 1 aliphatic heterocycles. The Morgan fingerprint density at radius 2 is 1.03 bits per heavy atom. The summed E-state index contributed by atoms with van der Waals surface area (Å²) in [4.78, 5) is 10.5. The Morgan fingerprint density at radius 1 is 0.590 bits per heavy atom. The Bertz CT molecular complexity index is 1380. The highest BCUT2D eigenvalue weighted by atomic mass is 31.2. The van der Waals surface area contributed by atoms with Gasteiger partial charge in [-0.2, -0.15) is 0 Å². The average Bonchev–Trinajstić information content (AvgIpc) is 3.05. The van der Waals surface area contributed by atoms with Crippen molar-refractivity contribution >= 4 is 29.4 Å². The van der Waals surface area contributed by atoms with Gasteiger partial charge in [-0.1, -0.05) is 114 Å². The SMILES string of the molecule is CCCCCCCc1ccc2c3c(ccc2c1)OP(=O)(O)Oc1ccc2cc(CCCCCCC)ccc2c1-3. The summed E-state index contributed by atoms with van der Waals surface area (Å²) < 4.78 is 24.1. The van der Waals surface area contributed by atoms with Gasteiger partial charge in [0, 0.05) is 11.1 Å². The number of unbranched alkanes of at least 4 members (excludes halogenated alkanes) is 8. The maximum absolute atomic E-state index is 12.9. The van der Waals surface area contributed by atoms with E-state index in [1.165, 1.54) is 75.3 Å². The highest BCUT2D eigenvalue weighted by Crippen LogP contribution is 2.56. The van der Waals surface area contributed by atoms with Crippen molar-refractivity contribution < 1.29 is 18.5 Å². The predicted molar refractivity (Wildman–Crippen MR) is 163 cm³/mol. The fourth-order valence-electron chi connectivity index (χ4n) is 5.83. The van der Waals surface area contributed by atoms with E-state index in [2.05, 4.69) is 50.2 Å². The zero-order valence-corrected chi connectivity index (χ0v) is 24.3. The molecule has 0 spiro atoms. The Morgan fingerprint density at radius 3 is 1.46 bits per heavy atom. The highest BCUT2D eigenvalue weighted by Gasteiger charge is 2.33. The molecule has 0 radical (unpaired) electrons. The third-order valence-corrected chi connectivity index (χ3v) is 8.76. The van der Waals surface area contributed by atoms with Gasteiger partial charge in [0.05, 0.1) is 0 Å². The summed E-state index contributed by atoms with van der Waals surface area (Å²) in [5.41, 5.74) is 4.28. The van der Waals surface area contributed by atoms with E-state index in [1.54, 1.807) is 0 Å². The van der Waals surface area contributed by atoms with Crippen LogP contribution in [-0.2, 0) is 17.4 Å². The van der Waals surface area contributed by atoms with Gasteiger partial charge in [0.25, 0.3) is 0 Å². The van der Waals surface area contributed by atoms with Crippen LogP contribution in [0.15, 0.2) is 60.7 Å². The molecule has 0 saturated heterocycles. The van der Waals surface area contributed by atoms with Crippen LogP contribution >= 0.6 is 7.82 Å². The van der Waals surface area contributed by atoms with Crippen LogP contribution in [0.4, 0.5) is 0 Å². The van der Waals surface area contributed by atoms with Crippen LogP contribution in [0.5, 0.6) is 11.5 Å². The van der Waals surface area contributed by atoms with Crippen molar-refractivity contribution in [2.75, 3.05) is 0 Å². The van der Waals surface area contributed by atoms with E-state index >= 15 is 0 Å². The number of phosphoric ester groups is 1. The number of benzene rings is 4. The first-order chi connectivity index (χ1) is 19.0. The molecule has 1 aliphatic rings. The number of hydrogen-bond acceptors (Lipinski definition) is 3. The quantitative estimate of drug-likeness (QED) is 0.142. The van der Waals surface area contributed by atoms with E-state index in [0.29, 0.717) is 11.5 Å². The lowest BCUT2D eigenvalue weighted by Crippen LogP contribution is -1.97. The minimum atomic E-state index is -4.32. The van der Waals surface area contributed by atoms with Gasteiger partial charge < -0.3 is 9.05 Å². The normalized spacial score (nSPS) is 13.9. The first kappa shape index (κ1) is 27.7. The predicted octanol–water partition coefficient (Wildman–Crippen LogP) is 10.6. The van der Waals surface area contributed by atoms with Gasteiger partial charge in [0.1, 0.15) is 11.5 Å². The largest absolute Gasteiger partial charge is 0.584 e. The third kappa shape index (κ3) is 6.51. The number of aryl methyl sites for hydroxylation is 2. The Labute approximate surface area is 233 Å². The van der Waals surface area contributed by atoms with Crippen molar-refractivity contribution in [3.63, 3.8) is 0 Å². The van der Waals surface area contributed by atoms with Crippen LogP contribution in [0.25, 0.3) is 32.7 Å². The van der Waals surface area contributed by atoms with E-state index in [1.807, 2.05) is 24.3 Å². The summed E-state index contributed by atoms with van der Waals surface area (Å²) >= 11 is 0. The third-order valence-electron chi connectivity index (χ3n) is 7.91. The summed E-state index contributed by atoms with van der Waals surface area (Å²) in [6.07, 6.45) is 14.7. The maximum Gasteiger partial charge on any atom is 0.584 e. The summed E-state index contributed by atoms with van der Waals surface area (Å²) in [6.45, 7) is 4.49. The second-order valence-corrected chi connectivity index (χ2v) is 12.3. The van der Waals surface area contributed by atoms with Crippen LogP contribution in [0.2, 0.25) is 0 Å². The molecule has 0 bridgehead atoms. The minimum Gasteiger partial charge on any atom is -0.395 e. The van der Waals surface area contributed by atoms with E-state index in [4.69, 9.17) is 9.05 Å². The summed E-state index contributed by atoms with van der Waals surface area (Å²) in [6, 6.07) is 20.8. The van der Waals surface area contributed by atoms with Gasteiger partial charge in [0.2, 0.25) is 0 Å². The van der Waals surface area contributed by atoms with E-state index in [9.17, 15) is 9.46 Å². The van der Waals surface area contributed by atoms with Crippen LogP contribution < -0.4 is 9.05 Å². The molecular formula is C34H41O4P. The number of phosphoric acid groups is 1. The molecule has 4 aromatic rings. The van der Waals surface area contributed by atoms with Crippen LogP contribution in [0.1, 0.15) is 89.2 Å². The Kier molecular flexibility index (Phi) is 8.95. The molecule has 0 saturated carbocycles. The van der Waals surface area contributed by atoms with Gasteiger partial charge in [-0.15, -0.1) is 0 Å². The Hall–Kier alpha value is -2.81. The molecule has 39 heavy (non-hydrogen) atoms. The van der Waals surface area contributed by atoms with Gasteiger partial charge in [-0.05, 0) is 70.5 Å². The molecule has 5 heteroatoms. The smallest absolute Gasteiger partial charge is 0.395 e. The molecule has 0 unspecified atom stereocenters. The molecule has 4 aromatic carbocycles. The van der Waals surface area contributed by atoms with Crippen molar-refractivity contribution in [3.05, 3.63) is 71.8 Å². The fraction of sp³-hybridized carbons (Fsp3) is 0.412. The minimum absolute atomic E-state index is 0.381. The summed E-state index contributed by atoms with van der Waals surface area (Å²) in [5.74, 6) is 0.763. The topological polar surface area (TPSA) is 55.8 Å². The molecule has 1 heterocycles. The molecule has 206 valence electrons. The second kappa shape index (κ2) is 12.6.